The van der Waals surface area contributed by atoms with Crippen LogP contribution in [0.25, 0.3) is 22.2 Å². The van der Waals surface area contributed by atoms with Crippen LogP contribution < -0.4 is 20.1 Å². The molecule has 0 saturated heterocycles. The van der Waals surface area contributed by atoms with Gasteiger partial charge in [0.05, 0.1) is 21.8 Å². The Bertz CT molecular complexity index is 1440. The minimum Gasteiger partial charge on any atom is -0.478 e. The van der Waals surface area contributed by atoms with Crippen molar-refractivity contribution >= 4 is 40.0 Å². The molecule has 2 aromatic carbocycles. The third kappa shape index (κ3) is 4.30. The number of carbonyl (C=O) groups is 1. The molecule has 1 aliphatic heterocycles. The molecule has 2 aromatic heterocycles. The van der Waals surface area contributed by atoms with Crippen LogP contribution in [-0.2, 0) is 6.54 Å². The van der Waals surface area contributed by atoms with Gasteiger partial charge in [0.25, 0.3) is 0 Å². The molecule has 1 aliphatic rings. The van der Waals surface area contributed by atoms with Crippen molar-refractivity contribution in [3.05, 3.63) is 59.0 Å². The molecular weight excluding hydrogens is 470 g/mol. The molecule has 35 heavy (non-hydrogen) atoms. The molecule has 0 bridgehead atoms. The molecule has 0 spiro atoms. The zero-order valence-corrected chi connectivity index (χ0v) is 20.0. The number of hydrogen-bond acceptors (Lipinski definition) is 7. The molecule has 10 heteroatoms. The Labute approximate surface area is 206 Å². The number of ether oxygens (including phenoxy) is 2. The molecule has 0 radical (unpaired) electrons. The highest BCUT2D eigenvalue weighted by Crippen LogP contribution is 2.44. The lowest BCUT2D eigenvalue weighted by molar-refractivity contribution is 0.0698. The lowest BCUT2D eigenvalue weighted by atomic mass is 10.1. The van der Waals surface area contributed by atoms with Gasteiger partial charge in [0.1, 0.15) is 12.1 Å². The predicted molar refractivity (Wildman–Crippen MR) is 135 cm³/mol. The Kier molecular flexibility index (Phi) is 6.08. The number of fused-ring (bicyclic) bond motifs is 3. The van der Waals surface area contributed by atoms with E-state index < -0.39 is 5.97 Å². The Morgan fingerprint density at radius 2 is 2.03 bits per heavy atom. The summed E-state index contributed by atoms with van der Waals surface area (Å²) in [6.45, 7) is 6.02. The third-order valence-electron chi connectivity index (χ3n) is 5.90. The number of anilines is 2. The van der Waals surface area contributed by atoms with Gasteiger partial charge in [-0.05, 0) is 32.0 Å². The van der Waals surface area contributed by atoms with Gasteiger partial charge in [0.2, 0.25) is 6.79 Å². The van der Waals surface area contributed by atoms with Crippen LogP contribution in [0.4, 0.5) is 11.5 Å². The van der Waals surface area contributed by atoms with Gasteiger partial charge in [-0.15, -0.1) is 0 Å². The van der Waals surface area contributed by atoms with E-state index in [-0.39, 0.29) is 12.4 Å². The second kappa shape index (κ2) is 9.34. The van der Waals surface area contributed by atoms with E-state index in [1.165, 1.54) is 6.33 Å². The highest BCUT2D eigenvalue weighted by Gasteiger charge is 2.22. The van der Waals surface area contributed by atoms with Crippen molar-refractivity contribution in [2.75, 3.05) is 30.5 Å². The lowest BCUT2D eigenvalue weighted by Crippen LogP contribution is -2.12. The number of nitrogens with one attached hydrogen (secondary N) is 2. The fraction of sp³-hybridized carbons (Fsp3) is 0.240. The molecular formula is C25H24ClN5O4. The smallest absolute Gasteiger partial charge is 0.337 e. The van der Waals surface area contributed by atoms with Crippen LogP contribution in [0.3, 0.4) is 0 Å². The van der Waals surface area contributed by atoms with Crippen LogP contribution in [0, 0.1) is 6.92 Å². The van der Waals surface area contributed by atoms with Crippen LogP contribution in [0.15, 0.2) is 42.7 Å². The fourth-order valence-electron chi connectivity index (χ4n) is 4.32. The molecule has 0 atom stereocenters. The van der Waals surface area contributed by atoms with Crippen LogP contribution in [0.2, 0.25) is 5.02 Å². The van der Waals surface area contributed by atoms with Crippen LogP contribution in [0.1, 0.15) is 23.0 Å². The molecule has 0 unspecified atom stereocenters. The normalized spacial score (nSPS) is 12.2. The average Bonchev–Trinajstić information content (AvgIpc) is 3.44. The van der Waals surface area contributed by atoms with E-state index in [2.05, 4.69) is 31.2 Å². The zero-order chi connectivity index (χ0) is 24.5. The van der Waals surface area contributed by atoms with E-state index in [0.29, 0.717) is 47.6 Å². The average molecular weight is 494 g/mol. The maximum atomic E-state index is 11.5. The van der Waals surface area contributed by atoms with Crippen molar-refractivity contribution in [1.29, 1.82) is 0 Å². The molecule has 0 saturated carbocycles. The van der Waals surface area contributed by atoms with E-state index in [4.69, 9.17) is 21.1 Å². The molecule has 3 heterocycles. The van der Waals surface area contributed by atoms with Crippen molar-refractivity contribution in [2.24, 2.45) is 0 Å². The first-order valence-corrected chi connectivity index (χ1v) is 11.6. The van der Waals surface area contributed by atoms with Crippen molar-refractivity contribution in [3.63, 3.8) is 0 Å². The van der Waals surface area contributed by atoms with Gasteiger partial charge in [-0.1, -0.05) is 17.7 Å². The molecule has 0 aliphatic carbocycles. The zero-order valence-electron chi connectivity index (χ0n) is 19.3. The van der Waals surface area contributed by atoms with Gasteiger partial charge < -0.3 is 29.8 Å². The number of halogens is 1. The number of aromatic carboxylic acids is 1. The maximum absolute atomic E-state index is 11.5. The molecule has 0 fully saturated rings. The Balaban J connectivity index is 1.35. The van der Waals surface area contributed by atoms with Gasteiger partial charge >= 0.3 is 5.97 Å². The van der Waals surface area contributed by atoms with E-state index in [1.807, 2.05) is 19.9 Å². The summed E-state index contributed by atoms with van der Waals surface area (Å²) in [5, 5.41) is 17.4. The standard InChI is InChI=1S/C25H24ClN5O4/c1-3-27-20-9-15(4-5-16(20)25(32)33)19-11-22(30-12-29-19)28-6-7-31-14(2)8-17-23(31)18(26)10-21-24(17)35-13-34-21/h4-5,8-12,27H,3,6-7,13H2,1-2H3,(H,32,33)(H,28,29,30). The maximum Gasteiger partial charge on any atom is 0.337 e. The van der Waals surface area contributed by atoms with Crippen molar-refractivity contribution in [1.82, 2.24) is 14.5 Å². The highest BCUT2D eigenvalue weighted by atomic mass is 35.5. The number of carboxylic acid groups (broad SMARTS) is 1. The summed E-state index contributed by atoms with van der Waals surface area (Å²) in [4.78, 5) is 20.2. The molecule has 0 amide bonds. The Morgan fingerprint density at radius 3 is 2.83 bits per heavy atom. The van der Waals surface area contributed by atoms with Crippen LogP contribution in [-0.4, -0.2) is 45.5 Å². The number of hydrogen-bond donors (Lipinski definition) is 3. The first-order valence-electron chi connectivity index (χ1n) is 11.2. The number of rotatable bonds is 8. The van der Waals surface area contributed by atoms with Crippen LogP contribution in [0.5, 0.6) is 11.5 Å². The van der Waals surface area contributed by atoms with Gasteiger partial charge in [0.15, 0.2) is 11.5 Å². The summed E-state index contributed by atoms with van der Waals surface area (Å²) in [6.07, 6.45) is 1.49. The minimum absolute atomic E-state index is 0.196. The van der Waals surface area contributed by atoms with Gasteiger partial charge in [-0.3, -0.25) is 0 Å². The quantitative estimate of drug-likeness (QED) is 0.313. The molecule has 180 valence electrons. The first kappa shape index (κ1) is 22.8. The number of aromatic nitrogens is 3. The summed E-state index contributed by atoms with van der Waals surface area (Å²) in [5.41, 5.74) is 4.24. The van der Waals surface area contributed by atoms with Crippen molar-refractivity contribution < 1.29 is 19.4 Å². The lowest BCUT2D eigenvalue weighted by Gasteiger charge is -2.13. The minimum atomic E-state index is -0.977. The molecule has 5 rings (SSSR count). The predicted octanol–water partition coefficient (Wildman–Crippen LogP) is 5.03. The monoisotopic (exact) mass is 493 g/mol. The summed E-state index contributed by atoms with van der Waals surface area (Å²) in [5.74, 6) is 1.08. The van der Waals surface area contributed by atoms with Crippen LogP contribution >= 0.6 is 11.6 Å². The second-order valence-electron chi connectivity index (χ2n) is 8.10. The van der Waals surface area contributed by atoms with Crippen molar-refractivity contribution in [2.45, 2.75) is 20.4 Å². The Morgan fingerprint density at radius 1 is 1.17 bits per heavy atom. The summed E-state index contributed by atoms with van der Waals surface area (Å²) in [6, 6.07) is 10.8. The van der Waals surface area contributed by atoms with E-state index in [1.54, 1.807) is 24.3 Å². The second-order valence-corrected chi connectivity index (χ2v) is 8.51. The van der Waals surface area contributed by atoms with Gasteiger partial charge in [-0.2, -0.15) is 0 Å². The fourth-order valence-corrected chi connectivity index (χ4v) is 4.62. The van der Waals surface area contributed by atoms with Gasteiger partial charge in [-0.25, -0.2) is 14.8 Å². The van der Waals surface area contributed by atoms with E-state index >= 15 is 0 Å². The van der Waals surface area contributed by atoms with E-state index in [0.717, 1.165) is 27.9 Å². The highest BCUT2D eigenvalue weighted by molar-refractivity contribution is 6.35. The summed E-state index contributed by atoms with van der Waals surface area (Å²) in [7, 11) is 0. The number of carboxylic acids is 1. The molecule has 3 N–H and O–H groups in total. The Hall–Kier alpha value is -3.98. The summed E-state index contributed by atoms with van der Waals surface area (Å²) >= 11 is 6.57. The largest absolute Gasteiger partial charge is 0.478 e. The van der Waals surface area contributed by atoms with Gasteiger partial charge in [0, 0.05) is 54.1 Å². The third-order valence-corrected chi connectivity index (χ3v) is 6.18. The first-order chi connectivity index (χ1) is 17.0. The topological polar surface area (TPSA) is 111 Å². The number of benzene rings is 2. The SMILES string of the molecule is CCNc1cc(-c2cc(NCCn3c(C)cc4c5c(cc(Cl)c43)OCO5)ncn2)ccc1C(=O)O. The summed E-state index contributed by atoms with van der Waals surface area (Å²) < 4.78 is 13.3. The molecule has 4 aromatic rings. The number of nitrogens with zero attached hydrogens (tertiary/aromatic N) is 3. The van der Waals surface area contributed by atoms with E-state index in [9.17, 15) is 9.90 Å². The number of aryl methyl sites for hydroxylation is 1. The van der Waals surface area contributed by atoms with Crippen molar-refractivity contribution in [3.8, 4) is 22.8 Å². The molecule has 9 nitrogen and oxygen atoms in total.